The van der Waals surface area contributed by atoms with Crippen LogP contribution in [0.5, 0.6) is 0 Å². The van der Waals surface area contributed by atoms with Crippen LogP contribution >= 0.6 is 11.6 Å². The summed E-state index contributed by atoms with van der Waals surface area (Å²) in [7, 11) is 0. The summed E-state index contributed by atoms with van der Waals surface area (Å²) in [4.78, 5) is 6.44. The van der Waals surface area contributed by atoms with E-state index in [0.29, 0.717) is 17.4 Å². The molecule has 0 bridgehead atoms. The molecule has 4 heteroatoms. The fraction of sp³-hybridized carbons (Fsp3) is 0.294. The van der Waals surface area contributed by atoms with Gasteiger partial charge in [-0.2, -0.15) is 0 Å². The van der Waals surface area contributed by atoms with E-state index in [9.17, 15) is 0 Å². The highest BCUT2D eigenvalue weighted by Gasteiger charge is 2.15. The predicted molar refractivity (Wildman–Crippen MR) is 87.4 cm³/mol. The Morgan fingerprint density at radius 2 is 2.05 bits per heavy atom. The number of rotatable bonds is 5. The minimum Gasteiger partial charge on any atom is -0.486 e. The lowest BCUT2D eigenvalue weighted by molar-refractivity contribution is 0.243. The normalized spacial score (nSPS) is 13.5. The molecule has 0 aromatic carbocycles. The number of pyridine rings is 1. The Morgan fingerprint density at radius 3 is 2.76 bits per heavy atom. The van der Waals surface area contributed by atoms with E-state index in [1.807, 2.05) is 49.1 Å². The van der Waals surface area contributed by atoms with Crippen LogP contribution in [0, 0.1) is 6.92 Å². The SMILES string of the molecule is CCOC1=C=C(N(CC)c2nccc(C)c2Cl)C=CC=C1. The first-order valence-corrected chi connectivity index (χ1v) is 7.42. The Bertz CT molecular complexity index is 640. The quantitative estimate of drug-likeness (QED) is 0.754. The van der Waals surface area contributed by atoms with Gasteiger partial charge in [0.15, 0.2) is 11.6 Å². The molecule has 0 amide bonds. The Morgan fingerprint density at radius 1 is 1.29 bits per heavy atom. The van der Waals surface area contributed by atoms with E-state index < -0.39 is 0 Å². The van der Waals surface area contributed by atoms with Crippen LogP contribution in [0.25, 0.3) is 0 Å². The van der Waals surface area contributed by atoms with Gasteiger partial charge in [0.2, 0.25) is 0 Å². The zero-order valence-corrected chi connectivity index (χ0v) is 13.3. The monoisotopic (exact) mass is 302 g/mol. The van der Waals surface area contributed by atoms with Gasteiger partial charge in [-0.05, 0) is 50.3 Å². The number of anilines is 1. The van der Waals surface area contributed by atoms with Crippen LogP contribution in [0.3, 0.4) is 0 Å². The molecule has 1 aliphatic rings. The molecule has 0 fully saturated rings. The second-order valence-corrected chi connectivity index (χ2v) is 4.91. The standard InChI is InChI=1S/C17H19ClN2O/c1-4-20(17-16(18)13(3)10-11-19-17)14-8-6-7-9-15(12-14)21-5-2/h6-11H,4-5H2,1-3H3. The average Bonchev–Trinajstić information content (AvgIpc) is 2.70. The van der Waals surface area contributed by atoms with Gasteiger partial charge in [0.25, 0.3) is 0 Å². The summed E-state index contributed by atoms with van der Waals surface area (Å²) < 4.78 is 5.56. The highest BCUT2D eigenvalue weighted by atomic mass is 35.5. The van der Waals surface area contributed by atoms with E-state index in [1.165, 1.54) is 0 Å². The number of allylic oxidation sites excluding steroid dienone is 3. The fourth-order valence-corrected chi connectivity index (χ4v) is 2.26. The van der Waals surface area contributed by atoms with Crippen LogP contribution in [0.1, 0.15) is 19.4 Å². The number of halogens is 1. The van der Waals surface area contributed by atoms with E-state index in [1.54, 1.807) is 6.20 Å². The van der Waals surface area contributed by atoms with Crippen molar-refractivity contribution in [2.45, 2.75) is 20.8 Å². The first-order valence-electron chi connectivity index (χ1n) is 7.04. The molecule has 0 unspecified atom stereocenters. The van der Waals surface area contributed by atoms with E-state index in [4.69, 9.17) is 16.3 Å². The molecule has 1 aromatic heterocycles. The molecule has 1 aliphatic carbocycles. The molecule has 0 spiro atoms. The molecule has 1 heterocycles. The third kappa shape index (κ3) is 3.57. The Balaban J connectivity index is 2.50. The molecule has 0 saturated carbocycles. The second kappa shape index (κ2) is 7.16. The van der Waals surface area contributed by atoms with Gasteiger partial charge < -0.3 is 9.64 Å². The number of aromatic nitrogens is 1. The predicted octanol–water partition coefficient (Wildman–Crippen LogP) is 4.40. The summed E-state index contributed by atoms with van der Waals surface area (Å²) in [5.41, 5.74) is 5.16. The average molecular weight is 303 g/mol. The Hall–Kier alpha value is -1.96. The number of hydrogen-bond donors (Lipinski definition) is 0. The fourth-order valence-electron chi connectivity index (χ4n) is 2.04. The molecule has 0 radical (unpaired) electrons. The lowest BCUT2D eigenvalue weighted by atomic mass is 10.2. The third-order valence-electron chi connectivity index (χ3n) is 3.09. The minimum absolute atomic E-state index is 0.607. The molecule has 21 heavy (non-hydrogen) atoms. The zero-order chi connectivity index (χ0) is 15.2. The first-order chi connectivity index (χ1) is 10.2. The van der Waals surface area contributed by atoms with E-state index in [2.05, 4.69) is 17.6 Å². The van der Waals surface area contributed by atoms with E-state index >= 15 is 0 Å². The van der Waals surface area contributed by atoms with E-state index in [-0.39, 0.29) is 0 Å². The van der Waals surface area contributed by atoms with Crippen LogP contribution in [-0.4, -0.2) is 18.1 Å². The van der Waals surface area contributed by atoms with Crippen molar-refractivity contribution in [3.05, 3.63) is 64.3 Å². The number of likely N-dealkylation sites (N-methyl/N-ethyl adjacent to an activating group) is 1. The molecule has 0 aliphatic heterocycles. The van der Waals surface area contributed by atoms with Gasteiger partial charge in [-0.25, -0.2) is 4.98 Å². The summed E-state index contributed by atoms with van der Waals surface area (Å²) in [6.07, 6.45) is 9.54. The molecule has 2 rings (SSSR count). The summed E-state index contributed by atoms with van der Waals surface area (Å²) >= 11 is 6.40. The number of aryl methyl sites for hydroxylation is 1. The van der Waals surface area contributed by atoms with Crippen molar-refractivity contribution < 1.29 is 4.74 Å². The van der Waals surface area contributed by atoms with E-state index in [0.717, 1.165) is 23.6 Å². The highest BCUT2D eigenvalue weighted by Crippen LogP contribution is 2.29. The van der Waals surface area contributed by atoms with Gasteiger partial charge in [0.05, 0.1) is 17.3 Å². The van der Waals surface area contributed by atoms with Crippen molar-refractivity contribution in [2.24, 2.45) is 0 Å². The molecular formula is C17H19ClN2O. The lowest BCUT2D eigenvalue weighted by Gasteiger charge is -2.23. The maximum Gasteiger partial charge on any atom is 0.164 e. The largest absolute Gasteiger partial charge is 0.486 e. The van der Waals surface area contributed by atoms with Crippen molar-refractivity contribution in [2.75, 3.05) is 18.1 Å². The molecule has 3 nitrogen and oxygen atoms in total. The van der Waals surface area contributed by atoms with Crippen molar-refractivity contribution in [1.82, 2.24) is 4.98 Å². The summed E-state index contributed by atoms with van der Waals surface area (Å²) in [6, 6.07) is 1.90. The van der Waals surface area contributed by atoms with Crippen LogP contribution in [0.2, 0.25) is 5.02 Å². The first kappa shape index (κ1) is 15.4. The summed E-state index contributed by atoms with van der Waals surface area (Å²) in [5.74, 6) is 1.45. The molecule has 0 N–H and O–H groups in total. The summed E-state index contributed by atoms with van der Waals surface area (Å²) in [6.45, 7) is 7.33. The maximum atomic E-state index is 6.40. The molecular weight excluding hydrogens is 284 g/mol. The number of nitrogens with zero attached hydrogens (tertiary/aromatic N) is 2. The van der Waals surface area contributed by atoms with Gasteiger partial charge >= 0.3 is 0 Å². The van der Waals surface area contributed by atoms with Crippen molar-refractivity contribution in [3.63, 3.8) is 0 Å². The van der Waals surface area contributed by atoms with Gasteiger partial charge in [-0.15, -0.1) is 0 Å². The highest BCUT2D eigenvalue weighted by molar-refractivity contribution is 6.33. The summed E-state index contributed by atoms with van der Waals surface area (Å²) in [5, 5.41) is 0.664. The molecule has 1 aromatic rings. The molecule has 0 saturated heterocycles. The lowest BCUT2D eigenvalue weighted by Crippen LogP contribution is -2.22. The van der Waals surface area contributed by atoms with Gasteiger partial charge in [-0.3, -0.25) is 0 Å². The Labute approximate surface area is 130 Å². The third-order valence-corrected chi connectivity index (χ3v) is 3.56. The van der Waals surface area contributed by atoms with Crippen molar-refractivity contribution in [3.8, 4) is 0 Å². The smallest absolute Gasteiger partial charge is 0.164 e. The minimum atomic E-state index is 0.607. The van der Waals surface area contributed by atoms with Crippen molar-refractivity contribution in [1.29, 1.82) is 0 Å². The van der Waals surface area contributed by atoms with Crippen molar-refractivity contribution >= 4 is 17.4 Å². The Kier molecular flexibility index (Phi) is 5.26. The van der Waals surface area contributed by atoms with Gasteiger partial charge in [-0.1, -0.05) is 23.8 Å². The van der Waals surface area contributed by atoms with Crippen LogP contribution in [0.15, 0.2) is 53.8 Å². The van der Waals surface area contributed by atoms with Crippen LogP contribution < -0.4 is 4.90 Å². The number of ether oxygens (including phenoxy) is 1. The van der Waals surface area contributed by atoms with Crippen LogP contribution in [0.4, 0.5) is 5.82 Å². The molecule has 0 atom stereocenters. The maximum absolute atomic E-state index is 6.40. The topological polar surface area (TPSA) is 25.4 Å². The molecule has 110 valence electrons. The van der Waals surface area contributed by atoms with Gasteiger partial charge in [0.1, 0.15) is 0 Å². The zero-order valence-electron chi connectivity index (χ0n) is 12.6. The second-order valence-electron chi connectivity index (χ2n) is 4.54. The number of hydrogen-bond acceptors (Lipinski definition) is 3. The van der Waals surface area contributed by atoms with Gasteiger partial charge in [0, 0.05) is 12.7 Å². The van der Waals surface area contributed by atoms with Crippen LogP contribution in [-0.2, 0) is 4.74 Å².